The topological polar surface area (TPSA) is 32.3 Å². The molecule has 2 fully saturated rings. The summed E-state index contributed by atoms with van der Waals surface area (Å²) in [7, 11) is 0. The summed E-state index contributed by atoms with van der Waals surface area (Å²) < 4.78 is 0. The van der Waals surface area contributed by atoms with Gasteiger partial charge in [0.25, 0.3) is 5.91 Å². The fourth-order valence-electron chi connectivity index (χ4n) is 2.89. The summed E-state index contributed by atoms with van der Waals surface area (Å²) in [6, 6.07) is 3.19. The smallest absolute Gasteiger partial charge is 0.265 e. The molecule has 1 aromatic rings. The number of thioether (sulfide) groups is 1. The predicted molar refractivity (Wildman–Crippen MR) is 76.6 cm³/mol. The van der Waals surface area contributed by atoms with Gasteiger partial charge in [0, 0.05) is 30.1 Å². The highest BCUT2D eigenvalue weighted by molar-refractivity contribution is 7.98. The molecule has 2 unspecified atom stereocenters. The molecule has 1 N–H and O–H groups in total. The van der Waals surface area contributed by atoms with Crippen molar-refractivity contribution in [1.82, 2.24) is 10.2 Å². The summed E-state index contributed by atoms with van der Waals surface area (Å²) in [5.74, 6) is 0.226. The zero-order valence-corrected chi connectivity index (χ0v) is 12.1. The van der Waals surface area contributed by atoms with Crippen LogP contribution in [-0.4, -0.2) is 42.2 Å². The van der Waals surface area contributed by atoms with Crippen molar-refractivity contribution in [3.8, 4) is 0 Å². The number of thiophene rings is 1. The quantitative estimate of drug-likeness (QED) is 0.846. The minimum atomic E-state index is 0.226. The highest BCUT2D eigenvalue weighted by Gasteiger charge is 2.32. The van der Waals surface area contributed by atoms with Gasteiger partial charge in [-0.1, -0.05) is 0 Å². The Balaban J connectivity index is 1.76. The Bertz CT molecular complexity index is 446. The van der Waals surface area contributed by atoms with E-state index in [0.29, 0.717) is 12.1 Å². The van der Waals surface area contributed by atoms with Crippen molar-refractivity contribution in [3.05, 3.63) is 16.3 Å². The second kappa shape index (κ2) is 5.23. The van der Waals surface area contributed by atoms with Crippen LogP contribution >= 0.6 is 23.1 Å². The average molecular weight is 282 g/mol. The lowest BCUT2D eigenvalue weighted by Gasteiger charge is -2.24. The van der Waals surface area contributed by atoms with Gasteiger partial charge in [0.2, 0.25) is 0 Å². The molecule has 2 bridgehead atoms. The van der Waals surface area contributed by atoms with E-state index in [4.69, 9.17) is 0 Å². The predicted octanol–water partition coefficient (Wildman–Crippen LogP) is 2.44. The Morgan fingerprint density at radius 1 is 1.44 bits per heavy atom. The molecular formula is C13H18N2OS2. The van der Waals surface area contributed by atoms with Gasteiger partial charge in [-0.25, -0.2) is 0 Å². The van der Waals surface area contributed by atoms with E-state index in [0.717, 1.165) is 29.3 Å². The SMILES string of the molecule is CSc1ccsc1C(=O)N1CCC2CCC(C1)N2. The minimum absolute atomic E-state index is 0.226. The molecule has 0 spiro atoms. The van der Waals surface area contributed by atoms with Crippen LogP contribution in [0.3, 0.4) is 0 Å². The van der Waals surface area contributed by atoms with Crippen LogP contribution in [0.4, 0.5) is 0 Å². The number of hydrogen-bond donors (Lipinski definition) is 1. The monoisotopic (exact) mass is 282 g/mol. The summed E-state index contributed by atoms with van der Waals surface area (Å²) in [6.45, 7) is 1.78. The van der Waals surface area contributed by atoms with E-state index in [9.17, 15) is 4.79 Å². The van der Waals surface area contributed by atoms with Gasteiger partial charge >= 0.3 is 0 Å². The van der Waals surface area contributed by atoms with Crippen molar-refractivity contribution in [1.29, 1.82) is 0 Å². The molecule has 3 nitrogen and oxygen atoms in total. The van der Waals surface area contributed by atoms with Gasteiger partial charge in [-0.05, 0) is 37.0 Å². The third-order valence-electron chi connectivity index (χ3n) is 3.85. The number of fused-ring (bicyclic) bond motifs is 2. The molecule has 0 radical (unpaired) electrons. The normalized spacial score (nSPS) is 27.3. The van der Waals surface area contributed by atoms with Crippen LogP contribution in [0, 0.1) is 0 Å². The van der Waals surface area contributed by atoms with Crippen molar-refractivity contribution in [3.63, 3.8) is 0 Å². The summed E-state index contributed by atoms with van der Waals surface area (Å²) in [4.78, 5) is 16.6. The Kier molecular flexibility index (Phi) is 3.63. The van der Waals surface area contributed by atoms with Gasteiger partial charge < -0.3 is 10.2 Å². The highest BCUT2D eigenvalue weighted by atomic mass is 32.2. The molecule has 2 aliphatic heterocycles. The van der Waals surface area contributed by atoms with Crippen LogP contribution in [0.5, 0.6) is 0 Å². The first-order valence-electron chi connectivity index (χ1n) is 6.44. The van der Waals surface area contributed by atoms with Gasteiger partial charge in [-0.2, -0.15) is 0 Å². The lowest BCUT2D eigenvalue weighted by atomic mass is 10.1. The van der Waals surface area contributed by atoms with Crippen molar-refractivity contribution in [2.75, 3.05) is 19.3 Å². The number of carbonyl (C=O) groups excluding carboxylic acids is 1. The van der Waals surface area contributed by atoms with Crippen LogP contribution in [0.2, 0.25) is 0 Å². The van der Waals surface area contributed by atoms with Crippen LogP contribution in [0.15, 0.2) is 16.3 Å². The van der Waals surface area contributed by atoms with Gasteiger partial charge in [0.05, 0.1) is 0 Å². The second-order valence-corrected chi connectivity index (χ2v) is 6.76. The maximum absolute atomic E-state index is 12.6. The van der Waals surface area contributed by atoms with E-state index in [-0.39, 0.29) is 5.91 Å². The molecule has 1 aromatic heterocycles. The Morgan fingerprint density at radius 2 is 2.28 bits per heavy atom. The first kappa shape index (κ1) is 12.5. The maximum Gasteiger partial charge on any atom is 0.265 e. The molecular weight excluding hydrogens is 264 g/mol. The first-order valence-corrected chi connectivity index (χ1v) is 8.55. The third kappa shape index (κ3) is 2.31. The number of nitrogens with one attached hydrogen (secondary N) is 1. The van der Waals surface area contributed by atoms with E-state index >= 15 is 0 Å². The molecule has 0 aliphatic carbocycles. The molecule has 0 saturated carbocycles. The Labute approximate surface area is 116 Å². The molecule has 2 atom stereocenters. The largest absolute Gasteiger partial charge is 0.336 e. The van der Waals surface area contributed by atoms with E-state index < -0.39 is 0 Å². The second-order valence-electron chi connectivity index (χ2n) is 5.00. The fourth-order valence-corrected chi connectivity index (χ4v) is 4.60. The molecule has 3 heterocycles. The van der Waals surface area contributed by atoms with Crippen LogP contribution in [-0.2, 0) is 0 Å². The third-order valence-corrected chi connectivity index (χ3v) is 5.67. The highest BCUT2D eigenvalue weighted by Crippen LogP contribution is 2.28. The number of likely N-dealkylation sites (tertiary alicyclic amines) is 1. The summed E-state index contributed by atoms with van der Waals surface area (Å²) in [5.41, 5.74) is 0. The van der Waals surface area contributed by atoms with Crippen LogP contribution in [0.25, 0.3) is 0 Å². The van der Waals surface area contributed by atoms with E-state index in [1.54, 1.807) is 23.1 Å². The molecule has 3 rings (SSSR count). The number of rotatable bonds is 2. The standard InChI is InChI=1S/C13H18N2OS2/c1-17-11-5-7-18-12(11)13(16)15-6-4-9-2-3-10(8-15)14-9/h5,7,9-10,14H,2-4,6,8H2,1H3. The Hall–Kier alpha value is -0.520. The number of hydrogen-bond acceptors (Lipinski definition) is 4. The van der Waals surface area contributed by atoms with E-state index in [2.05, 4.69) is 5.32 Å². The fraction of sp³-hybridized carbons (Fsp3) is 0.615. The molecule has 0 aromatic carbocycles. The van der Waals surface area contributed by atoms with E-state index in [1.807, 2.05) is 22.6 Å². The number of carbonyl (C=O) groups is 1. The summed E-state index contributed by atoms with van der Waals surface area (Å²) in [5, 5.41) is 5.63. The molecule has 1 amide bonds. The minimum Gasteiger partial charge on any atom is -0.336 e. The zero-order chi connectivity index (χ0) is 12.5. The summed E-state index contributed by atoms with van der Waals surface area (Å²) in [6.07, 6.45) is 5.63. The zero-order valence-electron chi connectivity index (χ0n) is 10.5. The van der Waals surface area contributed by atoms with Crippen molar-refractivity contribution < 1.29 is 4.79 Å². The van der Waals surface area contributed by atoms with Crippen molar-refractivity contribution in [2.24, 2.45) is 0 Å². The first-order chi connectivity index (χ1) is 8.78. The van der Waals surface area contributed by atoms with Gasteiger partial charge in [-0.3, -0.25) is 4.79 Å². The molecule has 18 heavy (non-hydrogen) atoms. The van der Waals surface area contributed by atoms with Gasteiger partial charge in [-0.15, -0.1) is 23.1 Å². The number of nitrogens with zero attached hydrogens (tertiary/aromatic N) is 1. The molecule has 2 aliphatic rings. The lowest BCUT2D eigenvalue weighted by molar-refractivity contribution is 0.0750. The van der Waals surface area contributed by atoms with E-state index in [1.165, 1.54) is 12.8 Å². The van der Waals surface area contributed by atoms with Gasteiger partial charge in [0.15, 0.2) is 0 Å². The molecule has 2 saturated heterocycles. The Morgan fingerprint density at radius 3 is 3.11 bits per heavy atom. The van der Waals surface area contributed by atoms with Crippen molar-refractivity contribution >= 4 is 29.0 Å². The van der Waals surface area contributed by atoms with Crippen LogP contribution < -0.4 is 5.32 Å². The molecule has 5 heteroatoms. The number of amides is 1. The van der Waals surface area contributed by atoms with Crippen LogP contribution in [0.1, 0.15) is 28.9 Å². The maximum atomic E-state index is 12.6. The van der Waals surface area contributed by atoms with Crippen molar-refractivity contribution in [2.45, 2.75) is 36.2 Å². The summed E-state index contributed by atoms with van der Waals surface area (Å²) >= 11 is 3.23. The molecule has 98 valence electrons. The van der Waals surface area contributed by atoms with Gasteiger partial charge in [0.1, 0.15) is 4.88 Å². The lowest BCUT2D eigenvalue weighted by Crippen LogP contribution is -2.38. The average Bonchev–Trinajstić information content (AvgIpc) is 2.94.